The van der Waals surface area contributed by atoms with Crippen LogP contribution >= 0.6 is 0 Å². The van der Waals surface area contributed by atoms with Gasteiger partial charge in [-0.1, -0.05) is 0 Å². The maximum absolute atomic E-state index is 12.3. The zero-order valence-corrected chi connectivity index (χ0v) is 4.81. The van der Waals surface area contributed by atoms with Crippen LogP contribution in [-0.4, -0.2) is 17.4 Å². The zero-order valence-electron chi connectivity index (χ0n) is 4.81. The summed E-state index contributed by atoms with van der Waals surface area (Å²) in [5, 5.41) is 8.84. The highest BCUT2D eigenvalue weighted by molar-refractivity contribution is 4.70. The van der Waals surface area contributed by atoms with Crippen molar-refractivity contribution in [2.24, 2.45) is 0 Å². The van der Waals surface area contributed by atoms with Crippen molar-refractivity contribution < 1.29 is 9.50 Å². The summed E-state index contributed by atoms with van der Waals surface area (Å²) in [6.07, 6.45) is 1.55. The van der Waals surface area contributed by atoms with E-state index in [1.54, 1.807) is 0 Å². The molecule has 1 aliphatic carbocycles. The highest BCUT2D eigenvalue weighted by Crippen LogP contribution is 2.20. The van der Waals surface area contributed by atoms with Crippen molar-refractivity contribution in [3.63, 3.8) is 0 Å². The Labute approximate surface area is 48.5 Å². The second-order valence-corrected chi connectivity index (χ2v) is 2.42. The van der Waals surface area contributed by atoms with Crippen molar-refractivity contribution in [1.82, 2.24) is 0 Å². The van der Waals surface area contributed by atoms with Gasteiger partial charge >= 0.3 is 0 Å². The van der Waals surface area contributed by atoms with Crippen LogP contribution in [-0.2, 0) is 0 Å². The van der Waals surface area contributed by atoms with Crippen molar-refractivity contribution in [3.05, 3.63) is 0 Å². The van der Waals surface area contributed by atoms with Crippen LogP contribution < -0.4 is 0 Å². The third kappa shape index (κ3) is 1.44. The number of hydrogen-bond acceptors (Lipinski definition) is 1. The number of halogens is 1. The van der Waals surface area contributed by atoms with E-state index >= 15 is 0 Å². The third-order valence-corrected chi connectivity index (χ3v) is 1.58. The van der Waals surface area contributed by atoms with Gasteiger partial charge in [0.05, 0.1) is 6.10 Å². The van der Waals surface area contributed by atoms with Gasteiger partial charge in [0.15, 0.2) is 0 Å². The van der Waals surface area contributed by atoms with E-state index in [4.69, 9.17) is 5.11 Å². The van der Waals surface area contributed by atoms with Crippen molar-refractivity contribution in [3.8, 4) is 0 Å². The van der Waals surface area contributed by atoms with Crippen LogP contribution in [0, 0.1) is 0 Å². The molecular formula is C6H11FO. The molecule has 0 radical (unpaired) electrons. The zero-order chi connectivity index (χ0) is 5.98. The Hall–Kier alpha value is -0.110. The summed E-state index contributed by atoms with van der Waals surface area (Å²) in [6, 6.07) is 0. The van der Waals surface area contributed by atoms with Gasteiger partial charge in [-0.2, -0.15) is 0 Å². The van der Waals surface area contributed by atoms with E-state index in [2.05, 4.69) is 0 Å². The average Bonchev–Trinajstić information content (AvgIpc) is 1.64. The maximum atomic E-state index is 12.3. The molecule has 0 aromatic carbocycles. The summed E-state index contributed by atoms with van der Waals surface area (Å²) in [6.45, 7) is 0. The first-order valence-electron chi connectivity index (χ1n) is 3.11. The Morgan fingerprint density at radius 1 is 1.38 bits per heavy atom. The largest absolute Gasteiger partial charge is 0.393 e. The fraction of sp³-hybridized carbons (Fsp3) is 1.00. The number of aliphatic hydroxyl groups is 1. The van der Waals surface area contributed by atoms with E-state index in [9.17, 15) is 4.39 Å². The first-order chi connectivity index (χ1) is 3.79. The summed E-state index contributed by atoms with van der Waals surface area (Å²) in [5.41, 5.74) is 0. The molecule has 1 fully saturated rings. The molecule has 2 heteroatoms. The number of alkyl halides is 1. The predicted octanol–water partition coefficient (Wildman–Crippen LogP) is 1.26. The van der Waals surface area contributed by atoms with Gasteiger partial charge in [0.1, 0.15) is 6.17 Å². The molecule has 0 aromatic rings. The number of rotatable bonds is 0. The molecule has 0 aliphatic heterocycles. The lowest BCUT2D eigenvalue weighted by Gasteiger charge is -2.19. The molecule has 1 saturated carbocycles. The Morgan fingerprint density at radius 2 is 2.12 bits per heavy atom. The van der Waals surface area contributed by atoms with Crippen LogP contribution in [0.4, 0.5) is 4.39 Å². The molecular weight excluding hydrogens is 107 g/mol. The second kappa shape index (κ2) is 2.44. The molecule has 1 aliphatic rings. The first kappa shape index (κ1) is 6.02. The average molecular weight is 118 g/mol. The smallest absolute Gasteiger partial charge is 0.103 e. The van der Waals surface area contributed by atoms with Gasteiger partial charge in [0.25, 0.3) is 0 Å². The quantitative estimate of drug-likeness (QED) is 0.507. The van der Waals surface area contributed by atoms with Crippen LogP contribution in [0.1, 0.15) is 25.7 Å². The lowest BCUT2D eigenvalue weighted by molar-refractivity contribution is 0.0839. The fourth-order valence-corrected chi connectivity index (χ4v) is 1.11. The Morgan fingerprint density at radius 3 is 2.50 bits per heavy atom. The van der Waals surface area contributed by atoms with Crippen LogP contribution in [0.25, 0.3) is 0 Å². The SMILES string of the molecule is O[C@H]1CCC[C@@H](F)C1. The predicted molar refractivity (Wildman–Crippen MR) is 29.4 cm³/mol. The molecule has 0 bridgehead atoms. The Kier molecular flexibility index (Phi) is 1.84. The van der Waals surface area contributed by atoms with E-state index in [1.165, 1.54) is 0 Å². The maximum Gasteiger partial charge on any atom is 0.103 e. The Balaban J connectivity index is 2.23. The molecule has 0 saturated heterocycles. The van der Waals surface area contributed by atoms with Gasteiger partial charge in [0, 0.05) is 6.42 Å². The highest BCUT2D eigenvalue weighted by atomic mass is 19.1. The topological polar surface area (TPSA) is 20.2 Å². The van der Waals surface area contributed by atoms with Crippen molar-refractivity contribution in [2.75, 3.05) is 0 Å². The lowest BCUT2D eigenvalue weighted by atomic mass is 9.96. The normalized spacial score (nSPS) is 39.8. The summed E-state index contributed by atoms with van der Waals surface area (Å²) < 4.78 is 12.3. The van der Waals surface area contributed by atoms with E-state index in [1.807, 2.05) is 0 Å². The van der Waals surface area contributed by atoms with E-state index in [-0.39, 0.29) is 6.10 Å². The van der Waals surface area contributed by atoms with Crippen molar-refractivity contribution in [2.45, 2.75) is 38.0 Å². The number of aliphatic hydroxyl groups excluding tert-OH is 1. The standard InChI is InChI=1S/C6H11FO/c7-5-2-1-3-6(8)4-5/h5-6,8H,1-4H2/t5-,6+/m1/s1. The van der Waals surface area contributed by atoms with Crippen LogP contribution in [0.2, 0.25) is 0 Å². The molecule has 1 N–H and O–H groups in total. The van der Waals surface area contributed by atoms with Crippen LogP contribution in [0.5, 0.6) is 0 Å². The molecule has 8 heavy (non-hydrogen) atoms. The van der Waals surface area contributed by atoms with Gasteiger partial charge in [-0.05, 0) is 19.3 Å². The molecule has 0 spiro atoms. The van der Waals surface area contributed by atoms with E-state index < -0.39 is 6.17 Å². The van der Waals surface area contributed by atoms with Gasteiger partial charge in [-0.3, -0.25) is 0 Å². The highest BCUT2D eigenvalue weighted by Gasteiger charge is 2.18. The molecule has 2 atom stereocenters. The molecule has 0 heterocycles. The molecule has 0 aromatic heterocycles. The monoisotopic (exact) mass is 118 g/mol. The molecule has 48 valence electrons. The second-order valence-electron chi connectivity index (χ2n) is 2.42. The summed E-state index contributed by atoms with van der Waals surface area (Å²) >= 11 is 0. The molecule has 0 amide bonds. The fourth-order valence-electron chi connectivity index (χ4n) is 1.11. The minimum atomic E-state index is -0.737. The van der Waals surface area contributed by atoms with E-state index in [0.29, 0.717) is 12.8 Å². The van der Waals surface area contributed by atoms with Gasteiger partial charge in [-0.15, -0.1) is 0 Å². The van der Waals surface area contributed by atoms with Crippen LogP contribution in [0.15, 0.2) is 0 Å². The summed E-state index contributed by atoms with van der Waals surface area (Å²) in [4.78, 5) is 0. The van der Waals surface area contributed by atoms with Crippen molar-refractivity contribution in [1.29, 1.82) is 0 Å². The third-order valence-electron chi connectivity index (χ3n) is 1.58. The first-order valence-corrected chi connectivity index (χ1v) is 3.11. The van der Waals surface area contributed by atoms with Gasteiger partial charge < -0.3 is 5.11 Å². The number of hydrogen-bond donors (Lipinski definition) is 1. The summed E-state index contributed by atoms with van der Waals surface area (Å²) in [7, 11) is 0. The van der Waals surface area contributed by atoms with Crippen LogP contribution in [0.3, 0.4) is 0 Å². The minimum absolute atomic E-state index is 0.361. The summed E-state index contributed by atoms with van der Waals surface area (Å²) in [5.74, 6) is 0. The van der Waals surface area contributed by atoms with Gasteiger partial charge in [0.2, 0.25) is 0 Å². The minimum Gasteiger partial charge on any atom is -0.393 e. The van der Waals surface area contributed by atoms with Crippen molar-refractivity contribution >= 4 is 0 Å². The molecule has 1 rings (SSSR count). The van der Waals surface area contributed by atoms with E-state index in [0.717, 1.165) is 12.8 Å². The lowest BCUT2D eigenvalue weighted by Crippen LogP contribution is -2.19. The van der Waals surface area contributed by atoms with Gasteiger partial charge in [-0.25, -0.2) is 4.39 Å². The molecule has 0 unspecified atom stereocenters. The Bertz CT molecular complexity index is 66.9. The molecule has 1 nitrogen and oxygen atoms in total.